The number of carbonyl (C=O) groups is 1. The average Bonchev–Trinajstić information content (AvgIpc) is 3.24. The minimum absolute atomic E-state index is 0.108. The smallest absolute Gasteiger partial charge is 0.351 e. The molecule has 1 fully saturated rings. The number of rotatable bonds is 16. The molecule has 0 saturated carbocycles. The predicted molar refractivity (Wildman–Crippen MR) is 129 cm³/mol. The van der Waals surface area contributed by atoms with Crippen LogP contribution in [0, 0.1) is 5.82 Å². The highest BCUT2D eigenvalue weighted by Crippen LogP contribution is 2.31. The van der Waals surface area contributed by atoms with Crippen LogP contribution in [0.5, 0.6) is 0 Å². The van der Waals surface area contributed by atoms with Crippen molar-refractivity contribution >= 4 is 35.3 Å². The lowest BCUT2D eigenvalue weighted by atomic mass is 10.1. The number of esters is 1. The summed E-state index contributed by atoms with van der Waals surface area (Å²) in [5.41, 5.74) is 4.24. The summed E-state index contributed by atoms with van der Waals surface area (Å²) in [5, 5.41) is 0. The first kappa shape index (κ1) is 27.0. The monoisotopic (exact) mass is 489 g/mol. The minimum atomic E-state index is -0.769. The Morgan fingerprint density at radius 3 is 2.59 bits per heavy atom. The molecule has 0 radical (unpaired) electrons. The van der Waals surface area contributed by atoms with E-state index in [4.69, 9.17) is 15.2 Å². The molecular formula is C22H36FN3O4S2. The fourth-order valence-electron chi connectivity index (χ4n) is 3.43. The molecule has 1 aliphatic rings. The Labute approximate surface area is 198 Å². The van der Waals surface area contributed by atoms with Crippen LogP contribution in [0.1, 0.15) is 77.4 Å². The van der Waals surface area contributed by atoms with Gasteiger partial charge in [0.2, 0.25) is 0 Å². The Hall–Kier alpha value is -1.26. The summed E-state index contributed by atoms with van der Waals surface area (Å²) in [6, 6.07) is 0. The Bertz CT molecular complexity index is 750. The number of nitrogen functional groups attached to an aromatic ring is 1. The Balaban J connectivity index is 1.48. The summed E-state index contributed by atoms with van der Waals surface area (Å²) in [6.07, 6.45) is 11.6. The second-order valence-electron chi connectivity index (χ2n) is 7.83. The lowest BCUT2D eigenvalue weighted by Gasteiger charge is -2.15. The van der Waals surface area contributed by atoms with Gasteiger partial charge in [0, 0.05) is 12.2 Å². The minimum Gasteiger partial charge on any atom is -0.462 e. The van der Waals surface area contributed by atoms with Crippen molar-refractivity contribution in [2.24, 2.45) is 0 Å². The zero-order valence-corrected chi connectivity index (χ0v) is 20.6. The van der Waals surface area contributed by atoms with E-state index in [1.807, 2.05) is 11.8 Å². The molecule has 2 heterocycles. The zero-order chi connectivity index (χ0) is 23.2. The zero-order valence-electron chi connectivity index (χ0n) is 18.9. The maximum absolute atomic E-state index is 13.6. The highest BCUT2D eigenvalue weighted by Gasteiger charge is 2.29. The molecule has 32 heavy (non-hydrogen) atoms. The number of thioether (sulfide) groups is 2. The van der Waals surface area contributed by atoms with Crippen LogP contribution >= 0.6 is 23.5 Å². The molecule has 0 amide bonds. The third-order valence-electron chi connectivity index (χ3n) is 5.23. The summed E-state index contributed by atoms with van der Waals surface area (Å²) in [5.74, 6) is 1.51. The standard InChI is InChI=1S/C22H36FN3O4S2/c1-2-31-13-11-9-7-5-3-4-6-8-10-12-19(27)29-15-20-30-18(16-32-20)26-14-17(23)21(24)25-22(26)28/h14,18,20H,2-13,15-16H2,1H3,(H2,24,25,28)/t18-,20+/m0/s1. The highest BCUT2D eigenvalue weighted by atomic mass is 32.2. The molecule has 1 aromatic rings. The largest absolute Gasteiger partial charge is 0.462 e. The number of unbranched alkanes of at least 4 members (excludes halogenated alkanes) is 8. The van der Waals surface area contributed by atoms with Crippen LogP contribution in [0.4, 0.5) is 10.2 Å². The van der Waals surface area contributed by atoms with Gasteiger partial charge in [-0.1, -0.05) is 51.9 Å². The molecule has 0 spiro atoms. The number of ether oxygens (including phenoxy) is 2. The van der Waals surface area contributed by atoms with Gasteiger partial charge >= 0.3 is 11.7 Å². The number of halogens is 1. The Morgan fingerprint density at radius 2 is 1.91 bits per heavy atom. The van der Waals surface area contributed by atoms with Crippen molar-refractivity contribution in [1.82, 2.24) is 9.55 Å². The summed E-state index contributed by atoms with van der Waals surface area (Å²) in [4.78, 5) is 27.3. The van der Waals surface area contributed by atoms with Gasteiger partial charge in [0.25, 0.3) is 0 Å². The van der Waals surface area contributed by atoms with E-state index in [-0.39, 0.29) is 12.6 Å². The summed E-state index contributed by atoms with van der Waals surface area (Å²) in [7, 11) is 0. The van der Waals surface area contributed by atoms with Crippen molar-refractivity contribution in [3.05, 3.63) is 22.5 Å². The second-order valence-corrected chi connectivity index (χ2v) is 10.4. The van der Waals surface area contributed by atoms with Gasteiger partial charge in [-0.3, -0.25) is 9.36 Å². The van der Waals surface area contributed by atoms with Crippen LogP contribution in [0.15, 0.2) is 11.0 Å². The van der Waals surface area contributed by atoms with Crippen LogP contribution in [-0.4, -0.2) is 44.8 Å². The van der Waals surface area contributed by atoms with Gasteiger partial charge in [0.15, 0.2) is 11.6 Å². The molecule has 2 atom stereocenters. The molecule has 2 N–H and O–H groups in total. The van der Waals surface area contributed by atoms with Gasteiger partial charge in [-0.15, -0.1) is 11.8 Å². The molecule has 1 aromatic heterocycles. The quantitative estimate of drug-likeness (QED) is 0.262. The SMILES string of the molecule is CCSCCCCCCCCCCCC(=O)OC[C@@H]1O[C@H](n2cc(F)c(N)nc2=O)CS1. The average molecular weight is 490 g/mol. The van der Waals surface area contributed by atoms with Crippen LogP contribution in [0.25, 0.3) is 0 Å². The van der Waals surface area contributed by atoms with E-state index in [1.165, 1.54) is 61.8 Å². The Morgan fingerprint density at radius 1 is 1.25 bits per heavy atom. The van der Waals surface area contributed by atoms with Crippen LogP contribution < -0.4 is 11.4 Å². The molecule has 0 bridgehead atoms. The van der Waals surface area contributed by atoms with Crippen LogP contribution in [0.3, 0.4) is 0 Å². The molecule has 182 valence electrons. The predicted octanol–water partition coefficient (Wildman–Crippen LogP) is 4.75. The number of hydrogen-bond acceptors (Lipinski definition) is 8. The lowest BCUT2D eigenvalue weighted by molar-refractivity contribution is -0.147. The first-order valence-corrected chi connectivity index (χ1v) is 13.8. The van der Waals surface area contributed by atoms with Crippen LogP contribution in [-0.2, 0) is 14.3 Å². The molecular weight excluding hydrogens is 453 g/mol. The number of nitrogens with two attached hydrogens (primary N) is 1. The van der Waals surface area contributed by atoms with Gasteiger partial charge in [0.1, 0.15) is 18.3 Å². The maximum Gasteiger partial charge on any atom is 0.351 e. The van der Waals surface area contributed by atoms with E-state index in [0.717, 1.165) is 30.0 Å². The van der Waals surface area contributed by atoms with Gasteiger partial charge in [-0.25, -0.2) is 9.18 Å². The number of anilines is 1. The fourth-order valence-corrected chi connectivity index (χ4v) is 5.12. The molecule has 2 rings (SSSR count). The first-order valence-electron chi connectivity index (χ1n) is 11.6. The van der Waals surface area contributed by atoms with Crippen molar-refractivity contribution in [3.63, 3.8) is 0 Å². The molecule has 10 heteroatoms. The van der Waals surface area contributed by atoms with E-state index in [0.29, 0.717) is 12.2 Å². The van der Waals surface area contributed by atoms with Crippen molar-refractivity contribution < 1.29 is 18.7 Å². The molecule has 0 aromatic carbocycles. The molecule has 1 aliphatic heterocycles. The number of hydrogen-bond donors (Lipinski definition) is 1. The second kappa shape index (κ2) is 15.6. The molecule has 0 unspecified atom stereocenters. The first-order chi connectivity index (χ1) is 15.5. The normalized spacial score (nSPS) is 18.2. The van der Waals surface area contributed by atoms with Crippen molar-refractivity contribution in [2.75, 3.05) is 29.6 Å². The lowest BCUT2D eigenvalue weighted by Crippen LogP contribution is -2.30. The number of carbonyl (C=O) groups excluding carboxylic acids is 1. The van der Waals surface area contributed by atoms with E-state index in [2.05, 4.69) is 11.9 Å². The van der Waals surface area contributed by atoms with Crippen molar-refractivity contribution in [3.8, 4) is 0 Å². The van der Waals surface area contributed by atoms with E-state index >= 15 is 0 Å². The number of aromatic nitrogens is 2. The van der Waals surface area contributed by atoms with E-state index < -0.39 is 29.0 Å². The molecule has 0 aliphatic carbocycles. The van der Waals surface area contributed by atoms with Gasteiger partial charge in [-0.05, 0) is 24.3 Å². The fraction of sp³-hybridized carbons (Fsp3) is 0.773. The van der Waals surface area contributed by atoms with E-state index in [9.17, 15) is 14.0 Å². The summed E-state index contributed by atoms with van der Waals surface area (Å²) < 4.78 is 25.7. The number of nitrogens with zero attached hydrogens (tertiary/aromatic N) is 2. The summed E-state index contributed by atoms with van der Waals surface area (Å²) in [6.45, 7) is 2.31. The maximum atomic E-state index is 13.6. The van der Waals surface area contributed by atoms with Crippen LogP contribution in [0.2, 0.25) is 0 Å². The third-order valence-corrected chi connectivity index (χ3v) is 7.31. The van der Waals surface area contributed by atoms with E-state index in [1.54, 1.807) is 0 Å². The molecule has 7 nitrogen and oxygen atoms in total. The highest BCUT2D eigenvalue weighted by molar-refractivity contribution is 8.00. The third kappa shape index (κ3) is 10.1. The van der Waals surface area contributed by atoms with Gasteiger partial charge < -0.3 is 15.2 Å². The topological polar surface area (TPSA) is 96.4 Å². The van der Waals surface area contributed by atoms with Crippen molar-refractivity contribution in [2.45, 2.75) is 82.8 Å². The van der Waals surface area contributed by atoms with Gasteiger partial charge in [-0.2, -0.15) is 16.7 Å². The summed E-state index contributed by atoms with van der Waals surface area (Å²) >= 11 is 3.43. The van der Waals surface area contributed by atoms with Gasteiger partial charge in [0.05, 0.1) is 6.20 Å². The van der Waals surface area contributed by atoms with Crippen molar-refractivity contribution in [1.29, 1.82) is 0 Å². The Kier molecular flexibility index (Phi) is 13.1. The molecule has 1 saturated heterocycles.